The Morgan fingerprint density at radius 3 is 2.52 bits per heavy atom. The average molecular weight is 318 g/mol. The van der Waals surface area contributed by atoms with Crippen LogP contribution in [-0.2, 0) is 0 Å². The van der Waals surface area contributed by atoms with Crippen LogP contribution in [0.1, 0.15) is 48.4 Å². The fourth-order valence-corrected chi connectivity index (χ4v) is 2.85. The van der Waals surface area contributed by atoms with Gasteiger partial charge in [-0.25, -0.2) is 4.39 Å². The van der Waals surface area contributed by atoms with Crippen LogP contribution in [0.2, 0.25) is 0 Å². The summed E-state index contributed by atoms with van der Waals surface area (Å²) < 4.78 is 18.3. The lowest BCUT2D eigenvalue weighted by Gasteiger charge is -2.26. The minimum atomic E-state index is -0.944. The Bertz CT molecular complexity index is 688. The summed E-state index contributed by atoms with van der Waals surface area (Å²) in [5.74, 6) is -0.405. The van der Waals surface area contributed by atoms with E-state index in [0.29, 0.717) is 24.3 Å². The molecule has 1 saturated heterocycles. The van der Waals surface area contributed by atoms with Crippen LogP contribution < -0.4 is 0 Å². The smallest absolute Gasteiger partial charge is 0.259 e. The van der Waals surface area contributed by atoms with Crippen molar-refractivity contribution in [2.24, 2.45) is 0 Å². The first kappa shape index (κ1) is 15.7. The number of halogens is 1. The van der Waals surface area contributed by atoms with Crippen LogP contribution in [0.4, 0.5) is 4.39 Å². The molecule has 0 spiro atoms. The van der Waals surface area contributed by atoms with Crippen molar-refractivity contribution in [3.63, 3.8) is 0 Å². The van der Waals surface area contributed by atoms with Gasteiger partial charge in [0.25, 0.3) is 5.91 Å². The van der Waals surface area contributed by atoms with Gasteiger partial charge in [-0.2, -0.15) is 0 Å². The van der Waals surface area contributed by atoms with Crippen LogP contribution in [0.25, 0.3) is 11.3 Å². The van der Waals surface area contributed by atoms with Crippen LogP contribution in [0.3, 0.4) is 0 Å². The summed E-state index contributed by atoms with van der Waals surface area (Å²) in [4.78, 5) is 14.6. The quantitative estimate of drug-likeness (QED) is 0.944. The molecule has 1 unspecified atom stereocenters. The number of carbonyl (C=O) groups excluding carboxylic acids is 1. The van der Waals surface area contributed by atoms with Crippen molar-refractivity contribution in [3.8, 4) is 11.3 Å². The minimum Gasteiger partial charge on any atom is -0.385 e. The van der Waals surface area contributed by atoms with Gasteiger partial charge in [0.1, 0.15) is 23.2 Å². The maximum Gasteiger partial charge on any atom is 0.259 e. The van der Waals surface area contributed by atoms with Gasteiger partial charge in [-0.1, -0.05) is 5.16 Å². The fraction of sp³-hybridized carbons (Fsp3) is 0.412. The van der Waals surface area contributed by atoms with Crippen molar-refractivity contribution in [2.45, 2.75) is 32.3 Å². The number of aromatic nitrogens is 1. The lowest BCUT2D eigenvalue weighted by molar-refractivity contribution is 0.0713. The van der Waals surface area contributed by atoms with Gasteiger partial charge in [0.15, 0.2) is 5.76 Å². The van der Waals surface area contributed by atoms with E-state index in [4.69, 9.17) is 4.52 Å². The number of benzene rings is 1. The number of hydrogen-bond donors (Lipinski definition) is 1. The maximum absolute atomic E-state index is 13.1. The monoisotopic (exact) mass is 318 g/mol. The summed E-state index contributed by atoms with van der Waals surface area (Å²) in [6.07, 6.45) is 2.10. The lowest BCUT2D eigenvalue weighted by Crippen LogP contribution is -2.36. The Kier molecular flexibility index (Phi) is 4.43. The van der Waals surface area contributed by atoms with Crippen LogP contribution >= 0.6 is 0 Å². The van der Waals surface area contributed by atoms with Crippen LogP contribution in [-0.4, -0.2) is 34.2 Å². The third-order valence-corrected chi connectivity index (χ3v) is 4.07. The van der Waals surface area contributed by atoms with Gasteiger partial charge in [-0.3, -0.25) is 4.79 Å². The highest BCUT2D eigenvalue weighted by Gasteiger charge is 2.30. The van der Waals surface area contributed by atoms with Crippen LogP contribution in [0.15, 0.2) is 28.8 Å². The molecule has 5 nitrogen and oxygen atoms in total. The van der Waals surface area contributed by atoms with E-state index in [9.17, 15) is 14.3 Å². The highest BCUT2D eigenvalue weighted by molar-refractivity contribution is 6.01. The highest BCUT2D eigenvalue weighted by Crippen LogP contribution is 2.31. The number of carbonyl (C=O) groups is 1. The third-order valence-electron chi connectivity index (χ3n) is 4.07. The fourth-order valence-electron chi connectivity index (χ4n) is 2.85. The predicted molar refractivity (Wildman–Crippen MR) is 82.3 cm³/mol. The molecule has 1 N–H and O–H groups in total. The Hall–Kier alpha value is -2.21. The van der Waals surface area contributed by atoms with E-state index in [1.54, 1.807) is 17.0 Å². The van der Waals surface area contributed by atoms with Crippen LogP contribution in [0, 0.1) is 5.82 Å². The minimum absolute atomic E-state index is 0.153. The van der Waals surface area contributed by atoms with Crippen molar-refractivity contribution in [3.05, 3.63) is 41.4 Å². The summed E-state index contributed by atoms with van der Waals surface area (Å²) in [5.41, 5.74) is 1.20. The number of aliphatic hydroxyl groups is 1. The van der Waals surface area contributed by atoms with Gasteiger partial charge < -0.3 is 14.5 Å². The number of hydrogen-bond acceptors (Lipinski definition) is 4. The number of amides is 1. The molecule has 6 heteroatoms. The van der Waals surface area contributed by atoms with E-state index in [0.717, 1.165) is 19.3 Å². The van der Waals surface area contributed by atoms with Crippen LogP contribution in [0.5, 0.6) is 0 Å². The van der Waals surface area contributed by atoms with E-state index in [1.165, 1.54) is 19.1 Å². The molecular formula is C17H19FN2O3. The Labute approximate surface area is 133 Å². The molecule has 2 heterocycles. The molecule has 3 rings (SSSR count). The molecule has 1 aromatic carbocycles. The average Bonchev–Trinajstić information content (AvgIpc) is 3.01. The van der Waals surface area contributed by atoms with Gasteiger partial charge >= 0.3 is 0 Å². The molecule has 1 amide bonds. The second-order valence-electron chi connectivity index (χ2n) is 5.81. The predicted octanol–water partition coefficient (Wildman–Crippen LogP) is 3.16. The summed E-state index contributed by atoms with van der Waals surface area (Å²) in [7, 11) is 0. The topological polar surface area (TPSA) is 66.6 Å². The molecule has 1 aliphatic heterocycles. The van der Waals surface area contributed by atoms with Crippen molar-refractivity contribution in [1.29, 1.82) is 0 Å². The first-order valence-electron chi connectivity index (χ1n) is 7.81. The number of rotatable bonds is 3. The standard InChI is InChI=1S/C17H19FN2O3/c1-11(21)16-14(17(22)20-9-3-2-4-10-20)15(19-23-16)12-5-7-13(18)8-6-12/h5-8,11,21H,2-4,9-10H2,1H3. The summed E-state index contributed by atoms with van der Waals surface area (Å²) in [5, 5.41) is 13.8. The highest BCUT2D eigenvalue weighted by atomic mass is 19.1. The van der Waals surface area contributed by atoms with E-state index >= 15 is 0 Å². The van der Waals surface area contributed by atoms with Gasteiger partial charge in [0, 0.05) is 18.7 Å². The van der Waals surface area contributed by atoms with Crippen molar-refractivity contribution < 1.29 is 18.8 Å². The van der Waals surface area contributed by atoms with E-state index in [-0.39, 0.29) is 23.0 Å². The number of nitrogens with zero attached hydrogens (tertiary/aromatic N) is 2. The maximum atomic E-state index is 13.1. The molecule has 0 radical (unpaired) electrons. The molecule has 2 aromatic rings. The molecule has 0 saturated carbocycles. The number of aliphatic hydroxyl groups excluding tert-OH is 1. The number of piperidine rings is 1. The molecule has 122 valence electrons. The first-order chi connectivity index (χ1) is 11.1. The Balaban J connectivity index is 2.03. The first-order valence-corrected chi connectivity index (χ1v) is 7.81. The van der Waals surface area contributed by atoms with Crippen molar-refractivity contribution in [2.75, 3.05) is 13.1 Å². The molecule has 23 heavy (non-hydrogen) atoms. The van der Waals surface area contributed by atoms with Gasteiger partial charge in [-0.15, -0.1) is 0 Å². The zero-order chi connectivity index (χ0) is 16.4. The number of likely N-dealkylation sites (tertiary alicyclic amines) is 1. The zero-order valence-corrected chi connectivity index (χ0v) is 13.0. The normalized spacial score (nSPS) is 16.4. The second-order valence-corrected chi connectivity index (χ2v) is 5.81. The molecular weight excluding hydrogens is 299 g/mol. The molecule has 1 aliphatic rings. The lowest BCUT2D eigenvalue weighted by atomic mass is 10.0. The van der Waals surface area contributed by atoms with E-state index < -0.39 is 6.10 Å². The van der Waals surface area contributed by atoms with Crippen molar-refractivity contribution >= 4 is 5.91 Å². The van der Waals surface area contributed by atoms with E-state index in [1.807, 2.05) is 0 Å². The van der Waals surface area contributed by atoms with Gasteiger partial charge in [-0.05, 0) is 50.5 Å². The molecule has 1 aromatic heterocycles. The van der Waals surface area contributed by atoms with E-state index in [2.05, 4.69) is 5.16 Å². The largest absolute Gasteiger partial charge is 0.385 e. The summed E-state index contributed by atoms with van der Waals surface area (Å²) >= 11 is 0. The third kappa shape index (κ3) is 3.12. The SMILES string of the molecule is CC(O)c1onc(-c2ccc(F)cc2)c1C(=O)N1CCCCC1. The molecule has 0 aliphatic carbocycles. The Morgan fingerprint density at radius 1 is 1.26 bits per heavy atom. The molecule has 1 atom stereocenters. The van der Waals surface area contributed by atoms with Gasteiger partial charge in [0.05, 0.1) is 0 Å². The summed E-state index contributed by atoms with van der Waals surface area (Å²) in [6.45, 7) is 2.90. The second kappa shape index (κ2) is 6.50. The van der Waals surface area contributed by atoms with Crippen molar-refractivity contribution in [1.82, 2.24) is 10.1 Å². The summed E-state index contributed by atoms with van der Waals surface area (Å²) in [6, 6.07) is 5.71. The Morgan fingerprint density at radius 2 is 1.91 bits per heavy atom. The molecule has 0 bridgehead atoms. The molecule has 1 fully saturated rings. The van der Waals surface area contributed by atoms with Gasteiger partial charge in [0.2, 0.25) is 0 Å². The zero-order valence-electron chi connectivity index (χ0n) is 13.0.